The van der Waals surface area contributed by atoms with Crippen LogP contribution in [0.3, 0.4) is 0 Å². The van der Waals surface area contributed by atoms with E-state index in [0.29, 0.717) is 0 Å². The van der Waals surface area contributed by atoms with E-state index in [0.717, 1.165) is 0 Å². The lowest BCUT2D eigenvalue weighted by molar-refractivity contribution is 0.329. The van der Waals surface area contributed by atoms with E-state index in [2.05, 4.69) is 0 Å². The minimum absolute atomic E-state index is 1.01. The van der Waals surface area contributed by atoms with Gasteiger partial charge in [-0.2, -0.15) is 0 Å². The van der Waals surface area contributed by atoms with Crippen LogP contribution in [0.4, 0.5) is 0 Å². The summed E-state index contributed by atoms with van der Waals surface area (Å²) in [4.78, 5) is 0. The molecular formula is C42H26O27. The molecule has 9 rings (SSSR count). The summed E-state index contributed by atoms with van der Waals surface area (Å²) in [5.41, 5.74) is -10.9. The molecular weight excluding hydrogens is 936 g/mol. The van der Waals surface area contributed by atoms with E-state index in [4.69, 9.17) is 4.42 Å². The highest BCUT2D eigenvalue weighted by Gasteiger charge is 2.41. The van der Waals surface area contributed by atoms with Gasteiger partial charge in [0.05, 0.1) is 43.8 Å². The molecule has 0 aliphatic rings. The Morgan fingerprint density at radius 3 is 0.681 bits per heavy atom. The first-order chi connectivity index (χ1) is 32.2. The van der Waals surface area contributed by atoms with Gasteiger partial charge in [0, 0.05) is 32.7 Å². The van der Waals surface area contributed by atoms with Crippen LogP contribution in [0.5, 0.6) is 149 Å². The van der Waals surface area contributed by atoms with E-state index in [9.17, 15) is 133 Å². The van der Waals surface area contributed by atoms with Gasteiger partial charge < -0.3 is 137 Å². The third kappa shape index (κ3) is 4.86. The number of furan rings is 1. The van der Waals surface area contributed by atoms with Crippen molar-refractivity contribution in [2.24, 2.45) is 0 Å². The number of benzene rings is 8. The van der Waals surface area contributed by atoms with Gasteiger partial charge >= 0.3 is 0 Å². The molecule has 0 aliphatic carbocycles. The van der Waals surface area contributed by atoms with Crippen LogP contribution < -0.4 is 0 Å². The molecule has 0 unspecified atom stereocenters. The van der Waals surface area contributed by atoms with E-state index in [-0.39, 0.29) is 0 Å². The molecule has 0 radical (unpaired) electrons. The Hall–Kier alpha value is -10.9. The zero-order chi connectivity index (χ0) is 51.0. The van der Waals surface area contributed by atoms with Gasteiger partial charge in [-0.3, -0.25) is 0 Å². The summed E-state index contributed by atoms with van der Waals surface area (Å²) in [6, 6.07) is 0. The fraction of sp³-hybridized carbons (Fsp3) is 0. The van der Waals surface area contributed by atoms with Gasteiger partial charge in [0.2, 0.25) is 57.5 Å². The third-order valence-corrected chi connectivity index (χ3v) is 11.7. The molecule has 8 aromatic carbocycles. The normalized spacial score (nSPS) is 11.8. The summed E-state index contributed by atoms with van der Waals surface area (Å²) in [7, 11) is 0. The van der Waals surface area contributed by atoms with Gasteiger partial charge in [-0.15, -0.1) is 0 Å². The molecule has 1 aromatic heterocycles. The molecule has 69 heavy (non-hydrogen) atoms. The second-order valence-corrected chi connectivity index (χ2v) is 15.1. The lowest BCUT2D eigenvalue weighted by atomic mass is 9.81. The molecule has 0 aliphatic heterocycles. The molecule has 26 N–H and O–H groups in total. The quantitative estimate of drug-likeness (QED) is 0.0663. The van der Waals surface area contributed by atoms with E-state index in [1.807, 2.05) is 0 Å². The molecule has 0 atom stereocenters. The summed E-state index contributed by atoms with van der Waals surface area (Å²) in [5.74, 6) is -42.8. The Balaban J connectivity index is 1.56. The molecule has 0 amide bonds. The van der Waals surface area contributed by atoms with Crippen molar-refractivity contribution in [3.8, 4) is 183 Å². The largest absolute Gasteiger partial charge is 0.506 e. The van der Waals surface area contributed by atoms with Crippen molar-refractivity contribution in [2.75, 3.05) is 0 Å². The Kier molecular flexibility index (Phi) is 8.40. The van der Waals surface area contributed by atoms with Gasteiger partial charge in [0.15, 0.2) is 91.7 Å². The van der Waals surface area contributed by atoms with Gasteiger partial charge in [-0.05, 0) is 0 Å². The van der Waals surface area contributed by atoms with Crippen molar-refractivity contribution in [3.63, 3.8) is 0 Å². The van der Waals surface area contributed by atoms with Crippen molar-refractivity contribution in [2.45, 2.75) is 0 Å². The highest BCUT2D eigenvalue weighted by Crippen LogP contribution is 2.69. The average molecular weight is 963 g/mol. The van der Waals surface area contributed by atoms with Gasteiger partial charge in [-0.1, -0.05) is 0 Å². The van der Waals surface area contributed by atoms with Crippen LogP contribution in [0.25, 0.3) is 87.6 Å². The Morgan fingerprint density at radius 1 is 0.130 bits per heavy atom. The van der Waals surface area contributed by atoms with Crippen LogP contribution in [0.15, 0.2) is 4.42 Å². The van der Waals surface area contributed by atoms with E-state index in [1.54, 1.807) is 0 Å². The first kappa shape index (κ1) is 43.4. The van der Waals surface area contributed by atoms with E-state index < -0.39 is 237 Å². The lowest BCUT2D eigenvalue weighted by Crippen LogP contribution is -1.97. The van der Waals surface area contributed by atoms with Crippen molar-refractivity contribution in [1.29, 1.82) is 0 Å². The maximum Gasteiger partial charge on any atom is 0.208 e. The molecule has 356 valence electrons. The van der Waals surface area contributed by atoms with Crippen molar-refractivity contribution >= 4 is 54.3 Å². The summed E-state index contributed by atoms with van der Waals surface area (Å²) < 4.78 is 5.44. The lowest BCUT2D eigenvalue weighted by Gasteiger charge is -2.24. The summed E-state index contributed by atoms with van der Waals surface area (Å²) in [6.07, 6.45) is 0. The van der Waals surface area contributed by atoms with Crippen molar-refractivity contribution in [1.82, 2.24) is 0 Å². The monoisotopic (exact) mass is 962 g/mol. The summed E-state index contributed by atoms with van der Waals surface area (Å²) >= 11 is 0. The predicted octanol–water partition coefficient (Wildman–Crippen LogP) is 4.39. The van der Waals surface area contributed by atoms with Crippen LogP contribution in [-0.4, -0.2) is 133 Å². The molecule has 27 nitrogen and oxygen atoms in total. The second-order valence-electron chi connectivity index (χ2n) is 15.1. The zero-order valence-electron chi connectivity index (χ0n) is 33.0. The highest BCUT2D eigenvalue weighted by atomic mass is 16.4. The van der Waals surface area contributed by atoms with Crippen LogP contribution >= 0.6 is 0 Å². The average Bonchev–Trinajstić information content (AvgIpc) is 3.74. The van der Waals surface area contributed by atoms with Gasteiger partial charge in [0.25, 0.3) is 0 Å². The zero-order valence-corrected chi connectivity index (χ0v) is 33.0. The minimum atomic E-state index is -1.86. The first-order valence-corrected chi connectivity index (χ1v) is 18.5. The number of hydrogen-bond acceptors (Lipinski definition) is 27. The molecule has 27 heteroatoms. The molecule has 0 spiro atoms. The van der Waals surface area contributed by atoms with Gasteiger partial charge in [-0.25, -0.2) is 0 Å². The van der Waals surface area contributed by atoms with Crippen LogP contribution in [0.1, 0.15) is 0 Å². The minimum Gasteiger partial charge on any atom is -0.506 e. The Morgan fingerprint density at radius 2 is 0.333 bits per heavy atom. The predicted molar refractivity (Wildman–Crippen MR) is 226 cm³/mol. The SMILES string of the molecule is Oc1c(O)c(O)c(-c2c(O)c(O)c(-c3c4c(O)c(O)c(O)c(O)c4c(-c4c(O)c(O)c5oc6c(O)c7c(O)c(O)c(O)c(O)c7c(O)c6c5c4O)c4c(O)c(O)c(O)c(O)c34)c(O)c2O)c(O)c1O. The summed E-state index contributed by atoms with van der Waals surface area (Å²) in [6.45, 7) is 0. The number of rotatable bonds is 3. The first-order valence-electron chi connectivity index (χ1n) is 18.5. The van der Waals surface area contributed by atoms with Crippen LogP contribution in [0.2, 0.25) is 0 Å². The fourth-order valence-electron chi connectivity index (χ4n) is 8.53. The molecule has 1 heterocycles. The molecule has 9 aromatic rings. The van der Waals surface area contributed by atoms with E-state index >= 15 is 0 Å². The number of fused-ring (bicyclic) bond motifs is 6. The molecule has 0 fully saturated rings. The van der Waals surface area contributed by atoms with Gasteiger partial charge in [0.1, 0.15) is 11.5 Å². The second kappa shape index (κ2) is 13.4. The van der Waals surface area contributed by atoms with Crippen LogP contribution in [-0.2, 0) is 0 Å². The Bertz CT molecular complexity index is 3820. The molecule has 0 saturated carbocycles. The number of aromatic hydroxyl groups is 26. The standard InChI is InChI=1S/C42H26O27/c43-15-7(29(57)40(68)42-14(15)13-16(44)9-12(30(58)41(13)69-42)28(56)36(64)35(63)25(9)53)1-3-5(19(47)33(61)31(59)17(3)45)2(6-4(1)18(46)32(60)34(62)20(6)48)8-21(49)23(51)10(24(52)22(8)50)11-26(54)37(65)39(67)38(66)27(11)55/h43-68H. The number of hydrogen-bond donors (Lipinski definition) is 26. The topological polar surface area (TPSA) is 539 Å². The number of phenols is 26. The third-order valence-electron chi connectivity index (χ3n) is 11.7. The van der Waals surface area contributed by atoms with E-state index in [1.165, 1.54) is 0 Å². The maximum absolute atomic E-state index is 12.2. The fourth-order valence-corrected chi connectivity index (χ4v) is 8.53. The van der Waals surface area contributed by atoms with Crippen molar-refractivity contribution in [3.05, 3.63) is 0 Å². The highest BCUT2D eigenvalue weighted by molar-refractivity contribution is 6.32. The maximum atomic E-state index is 12.2. The Labute approximate surface area is 373 Å². The molecule has 0 bridgehead atoms. The van der Waals surface area contributed by atoms with Crippen LogP contribution in [0, 0.1) is 0 Å². The van der Waals surface area contributed by atoms with Crippen molar-refractivity contribution < 1.29 is 137 Å². The smallest absolute Gasteiger partial charge is 0.208 e. The molecule has 0 saturated heterocycles. The summed E-state index contributed by atoms with van der Waals surface area (Å²) in [5, 5.41) is 278. The number of phenolic OH excluding ortho intramolecular Hbond substituents is 26.